The molecular weight excluding hydrogens is 524 g/mol. The molecule has 0 saturated carbocycles. The summed E-state index contributed by atoms with van der Waals surface area (Å²) in [5.74, 6) is -0.878. The van der Waals surface area contributed by atoms with E-state index in [9.17, 15) is 24.0 Å². The summed E-state index contributed by atoms with van der Waals surface area (Å²) in [5.41, 5.74) is 0. The Hall–Kier alpha value is -2.33. The van der Waals surface area contributed by atoms with Crippen molar-refractivity contribution in [3.05, 3.63) is 0 Å². The van der Waals surface area contributed by atoms with Crippen LogP contribution < -0.4 is 16.0 Å². The second kappa shape index (κ2) is 26.6. The standard InChI is InChI=1S/C31H58N4O6/c1-5-7-8-9-10-11-12-13-17-20-28(34-29(38)22-32-3)31(40)35(21-6-2)23-30(39)33-26(24-36)18-15-14-16-19-27(37)25-41-4/h24,26,28,32H,5-23,25H2,1-4H3,(H,33,39)(H,34,38). The predicted molar refractivity (Wildman–Crippen MR) is 163 cm³/mol. The number of hydrogen-bond donors (Lipinski definition) is 3. The Morgan fingerprint density at radius 1 is 0.780 bits per heavy atom. The maximum atomic E-state index is 13.5. The van der Waals surface area contributed by atoms with Crippen molar-refractivity contribution in [1.29, 1.82) is 0 Å². The van der Waals surface area contributed by atoms with E-state index in [-0.39, 0.29) is 37.3 Å². The van der Waals surface area contributed by atoms with Crippen LogP contribution in [0.15, 0.2) is 0 Å². The number of methoxy groups -OCH3 is 1. The average Bonchev–Trinajstić information content (AvgIpc) is 2.94. The molecule has 10 nitrogen and oxygen atoms in total. The molecule has 0 aromatic carbocycles. The molecule has 0 aromatic heterocycles. The van der Waals surface area contributed by atoms with Crippen molar-refractivity contribution >= 4 is 29.8 Å². The Bertz CT molecular complexity index is 733. The second-order valence-electron chi connectivity index (χ2n) is 10.9. The quantitative estimate of drug-likeness (QED) is 0.0946. The number of rotatable bonds is 28. The normalized spacial score (nSPS) is 12.4. The Labute approximate surface area is 248 Å². The Kier molecular flexibility index (Phi) is 25.1. The molecule has 2 atom stereocenters. The summed E-state index contributed by atoms with van der Waals surface area (Å²) >= 11 is 0. The van der Waals surface area contributed by atoms with Gasteiger partial charge in [0.15, 0.2) is 5.78 Å². The van der Waals surface area contributed by atoms with E-state index in [0.29, 0.717) is 51.4 Å². The monoisotopic (exact) mass is 582 g/mol. The van der Waals surface area contributed by atoms with Gasteiger partial charge in [0, 0.05) is 20.1 Å². The van der Waals surface area contributed by atoms with Crippen LogP contribution >= 0.6 is 0 Å². The molecule has 3 N–H and O–H groups in total. The van der Waals surface area contributed by atoms with Crippen molar-refractivity contribution in [2.75, 3.05) is 40.4 Å². The minimum Gasteiger partial charge on any atom is -0.377 e. The van der Waals surface area contributed by atoms with E-state index in [1.165, 1.54) is 50.5 Å². The van der Waals surface area contributed by atoms with E-state index < -0.39 is 18.0 Å². The summed E-state index contributed by atoms with van der Waals surface area (Å²) in [5, 5.41) is 8.39. The zero-order valence-electron chi connectivity index (χ0n) is 26.3. The molecule has 0 saturated heterocycles. The van der Waals surface area contributed by atoms with Gasteiger partial charge in [0.05, 0.1) is 19.1 Å². The smallest absolute Gasteiger partial charge is 0.245 e. The first-order valence-electron chi connectivity index (χ1n) is 15.8. The molecule has 0 heterocycles. The average molecular weight is 583 g/mol. The number of hydrogen-bond acceptors (Lipinski definition) is 7. The molecule has 0 rings (SSSR count). The summed E-state index contributed by atoms with van der Waals surface area (Å²) in [7, 11) is 3.16. The molecule has 0 aliphatic heterocycles. The molecule has 0 aromatic rings. The molecule has 0 fully saturated rings. The van der Waals surface area contributed by atoms with Gasteiger partial charge in [-0.25, -0.2) is 0 Å². The summed E-state index contributed by atoms with van der Waals surface area (Å²) in [6, 6.07) is -1.34. The van der Waals surface area contributed by atoms with E-state index in [1.807, 2.05) is 6.92 Å². The fraction of sp³-hybridized carbons (Fsp3) is 0.839. The molecule has 0 radical (unpaired) electrons. The maximum absolute atomic E-state index is 13.5. The Morgan fingerprint density at radius 2 is 1.39 bits per heavy atom. The zero-order valence-corrected chi connectivity index (χ0v) is 26.3. The van der Waals surface area contributed by atoms with E-state index in [2.05, 4.69) is 22.9 Å². The highest BCUT2D eigenvalue weighted by atomic mass is 16.5. The first-order chi connectivity index (χ1) is 19.8. The van der Waals surface area contributed by atoms with E-state index in [1.54, 1.807) is 7.05 Å². The lowest BCUT2D eigenvalue weighted by atomic mass is 10.0. The van der Waals surface area contributed by atoms with Gasteiger partial charge in [-0.05, 0) is 32.7 Å². The van der Waals surface area contributed by atoms with Crippen LogP contribution in [0.4, 0.5) is 0 Å². The molecule has 0 bridgehead atoms. The van der Waals surface area contributed by atoms with Crippen LogP contribution in [0.1, 0.15) is 117 Å². The lowest BCUT2D eigenvalue weighted by Crippen LogP contribution is -2.53. The number of ketones is 1. The highest BCUT2D eigenvalue weighted by Crippen LogP contribution is 2.13. The summed E-state index contributed by atoms with van der Waals surface area (Å²) < 4.78 is 4.82. The van der Waals surface area contributed by atoms with E-state index in [0.717, 1.165) is 25.7 Å². The maximum Gasteiger partial charge on any atom is 0.245 e. The van der Waals surface area contributed by atoms with Crippen molar-refractivity contribution in [3.63, 3.8) is 0 Å². The Morgan fingerprint density at radius 3 is 1.98 bits per heavy atom. The van der Waals surface area contributed by atoms with Crippen molar-refractivity contribution in [3.8, 4) is 0 Å². The molecule has 238 valence electrons. The van der Waals surface area contributed by atoms with Gasteiger partial charge in [0.1, 0.15) is 18.9 Å². The first-order valence-corrected chi connectivity index (χ1v) is 15.8. The summed E-state index contributed by atoms with van der Waals surface area (Å²) in [6.45, 7) is 4.57. The van der Waals surface area contributed by atoms with Crippen LogP contribution in [0.25, 0.3) is 0 Å². The number of likely N-dealkylation sites (N-methyl/N-ethyl adjacent to an activating group) is 1. The van der Waals surface area contributed by atoms with Gasteiger partial charge < -0.3 is 30.4 Å². The van der Waals surface area contributed by atoms with Crippen LogP contribution in [0, 0.1) is 0 Å². The number of unbranched alkanes of at least 4 members (excludes halogenated alkanes) is 10. The van der Waals surface area contributed by atoms with Gasteiger partial charge in [-0.1, -0.05) is 84.5 Å². The fourth-order valence-corrected chi connectivity index (χ4v) is 4.78. The van der Waals surface area contributed by atoms with E-state index >= 15 is 0 Å². The summed E-state index contributed by atoms with van der Waals surface area (Å²) in [4.78, 5) is 63.2. The lowest BCUT2D eigenvalue weighted by Gasteiger charge is -2.28. The number of aldehydes is 1. The molecule has 0 spiro atoms. The molecule has 10 heteroatoms. The Balaban J connectivity index is 4.87. The number of amides is 3. The SMILES string of the molecule is CCCCCCCCCCCC(NC(=O)CNC)C(=O)N(CCC)CC(=O)NC(C=O)CCCCCC(=O)COC. The third-order valence-electron chi connectivity index (χ3n) is 6.99. The molecule has 0 aliphatic rings. The number of ether oxygens (including phenoxy) is 1. The largest absolute Gasteiger partial charge is 0.377 e. The fourth-order valence-electron chi connectivity index (χ4n) is 4.78. The molecule has 0 aliphatic carbocycles. The van der Waals surface area contributed by atoms with Gasteiger partial charge in [0.2, 0.25) is 17.7 Å². The number of nitrogens with zero attached hydrogens (tertiary/aromatic N) is 1. The molecule has 41 heavy (non-hydrogen) atoms. The van der Waals surface area contributed by atoms with Crippen molar-refractivity contribution in [2.24, 2.45) is 0 Å². The van der Waals surface area contributed by atoms with Crippen molar-refractivity contribution < 1.29 is 28.7 Å². The number of carbonyl (C=O) groups excluding carboxylic acids is 5. The third-order valence-corrected chi connectivity index (χ3v) is 6.99. The number of carbonyl (C=O) groups is 5. The van der Waals surface area contributed by atoms with Crippen LogP contribution in [-0.2, 0) is 28.7 Å². The highest BCUT2D eigenvalue weighted by Gasteiger charge is 2.27. The van der Waals surface area contributed by atoms with Crippen LogP contribution in [0.2, 0.25) is 0 Å². The minimum atomic E-state index is -0.692. The lowest BCUT2D eigenvalue weighted by molar-refractivity contribution is -0.140. The van der Waals surface area contributed by atoms with Gasteiger partial charge >= 0.3 is 0 Å². The number of nitrogens with one attached hydrogen (secondary N) is 3. The second-order valence-corrected chi connectivity index (χ2v) is 10.9. The molecule has 3 amide bonds. The van der Waals surface area contributed by atoms with Gasteiger partial charge in [-0.3, -0.25) is 19.2 Å². The third kappa shape index (κ3) is 21.1. The van der Waals surface area contributed by atoms with E-state index in [4.69, 9.17) is 4.74 Å². The summed E-state index contributed by atoms with van der Waals surface area (Å²) in [6.07, 6.45) is 15.4. The van der Waals surface area contributed by atoms with Gasteiger partial charge in [-0.15, -0.1) is 0 Å². The van der Waals surface area contributed by atoms with Crippen molar-refractivity contribution in [1.82, 2.24) is 20.9 Å². The number of Topliss-reactive ketones (excluding diaryl/α,β-unsaturated/α-hetero) is 1. The van der Waals surface area contributed by atoms with Crippen LogP contribution in [0.5, 0.6) is 0 Å². The first kappa shape index (κ1) is 38.7. The predicted octanol–water partition coefficient (Wildman–Crippen LogP) is 3.70. The molecule has 2 unspecified atom stereocenters. The zero-order chi connectivity index (χ0) is 30.7. The minimum absolute atomic E-state index is 0.0479. The van der Waals surface area contributed by atoms with Gasteiger partial charge in [-0.2, -0.15) is 0 Å². The molecular formula is C31H58N4O6. The van der Waals surface area contributed by atoms with Gasteiger partial charge in [0.25, 0.3) is 0 Å². The highest BCUT2D eigenvalue weighted by molar-refractivity contribution is 5.91. The van der Waals surface area contributed by atoms with Crippen LogP contribution in [0.3, 0.4) is 0 Å². The van der Waals surface area contributed by atoms with Crippen LogP contribution in [-0.4, -0.2) is 87.2 Å². The topological polar surface area (TPSA) is 134 Å². The van der Waals surface area contributed by atoms with Crippen molar-refractivity contribution in [2.45, 2.75) is 129 Å².